The van der Waals surface area contributed by atoms with Gasteiger partial charge < -0.3 is 0 Å². The standard InChI is InChI=1S/2C45H32N4.C41H30N4/c1-45(2)38-24-21-30-14-9-10-19-36(30)41(38)37-23-20-34(27-39(37)45)43-47-42(33-18-11-17-32(26-33)29-12-5-3-6-13-29)48-44(49-43)35-22-25-40(46-28-35)31-15-7-4-8-16-31;1-45(2)39-28-35(23-24-37(39)38-25-22-30-13-6-7-16-36(30)41(38)45)44-48-42(32-20-18-31(19-21-32)40-17-8-9-26-46-40)47-43(49-44)34-15-10-14-33(27-34)29-11-4-3-5-12-29;1-41(2)36-14-7-6-13-34(36)35-26-33(19-20-37(35)41)40-44-38(30-17-15-28(16-18-30)29-21-23-42-24-22-29)43-39(45-40)32-12-8-11-31(25-32)27-9-4-3-5-10-27/h2*3-28H,1-2H3;3-26H,1-2H3. The van der Waals surface area contributed by atoms with E-state index in [4.69, 9.17) is 49.8 Å². The first-order chi connectivity index (χ1) is 70.1. The van der Waals surface area contributed by atoms with Gasteiger partial charge in [-0.15, -0.1) is 0 Å². The molecule has 3 aliphatic rings. The van der Waals surface area contributed by atoms with E-state index in [1.54, 1.807) is 0 Å². The molecule has 0 amide bonds. The predicted octanol–water partition coefficient (Wildman–Crippen LogP) is 32.0. The highest BCUT2D eigenvalue weighted by atomic mass is 15.1. The van der Waals surface area contributed by atoms with E-state index in [0.29, 0.717) is 52.4 Å². The molecule has 6 aromatic heterocycles. The first-order valence-corrected chi connectivity index (χ1v) is 48.5. The molecule has 0 radical (unpaired) electrons. The summed E-state index contributed by atoms with van der Waals surface area (Å²) in [6.45, 7) is 13.9. The van der Waals surface area contributed by atoms with E-state index in [-0.39, 0.29) is 16.2 Å². The van der Waals surface area contributed by atoms with E-state index in [9.17, 15) is 0 Å². The van der Waals surface area contributed by atoms with Crippen molar-refractivity contribution in [3.8, 4) is 203 Å². The quantitative estimate of drug-likeness (QED) is 0.0959. The van der Waals surface area contributed by atoms with Gasteiger partial charge in [0.05, 0.1) is 11.4 Å². The van der Waals surface area contributed by atoms with Crippen LogP contribution in [0.4, 0.5) is 0 Å². The molecular weight excluding hydrogens is 1740 g/mol. The van der Waals surface area contributed by atoms with Gasteiger partial charge in [-0.3, -0.25) is 15.0 Å². The molecule has 0 saturated heterocycles. The summed E-state index contributed by atoms with van der Waals surface area (Å²) in [5.41, 5.74) is 36.6. The molecule has 0 spiro atoms. The van der Waals surface area contributed by atoms with Crippen molar-refractivity contribution in [2.45, 2.75) is 57.8 Å². The van der Waals surface area contributed by atoms with Crippen molar-refractivity contribution >= 4 is 21.5 Å². The van der Waals surface area contributed by atoms with Crippen LogP contribution in [0.15, 0.2) is 462 Å². The minimum absolute atomic E-state index is 0.0612. The maximum Gasteiger partial charge on any atom is 0.165 e. The third kappa shape index (κ3) is 16.7. The van der Waals surface area contributed by atoms with E-state index in [2.05, 4.69) is 409 Å². The molecule has 0 N–H and O–H groups in total. The highest BCUT2D eigenvalue weighted by Gasteiger charge is 2.40. The minimum Gasteiger partial charge on any atom is -0.265 e. The minimum atomic E-state index is -0.189. The second-order valence-electron chi connectivity index (χ2n) is 38.3. The Morgan fingerprint density at radius 3 is 1.03 bits per heavy atom. The number of rotatable bonds is 15. The maximum atomic E-state index is 5.14. The summed E-state index contributed by atoms with van der Waals surface area (Å²) in [6, 6.07) is 153. The molecule has 12 heteroatoms. The van der Waals surface area contributed by atoms with Crippen LogP contribution in [0.3, 0.4) is 0 Å². The molecule has 0 saturated carbocycles. The fourth-order valence-electron chi connectivity index (χ4n) is 20.9. The van der Waals surface area contributed by atoms with E-state index < -0.39 is 0 Å². The van der Waals surface area contributed by atoms with Gasteiger partial charge in [-0.05, 0) is 206 Å². The zero-order valence-electron chi connectivity index (χ0n) is 79.7. The highest BCUT2D eigenvalue weighted by Crippen LogP contribution is 2.55. The van der Waals surface area contributed by atoms with Crippen LogP contribution in [-0.2, 0) is 16.2 Å². The predicted molar refractivity (Wildman–Crippen MR) is 582 cm³/mol. The first kappa shape index (κ1) is 87.5. The van der Waals surface area contributed by atoms with Crippen molar-refractivity contribution in [1.82, 2.24) is 59.8 Å². The Bertz CT molecular complexity index is 8800. The monoisotopic (exact) mass is 1830 g/mol. The van der Waals surface area contributed by atoms with Crippen molar-refractivity contribution in [1.29, 1.82) is 0 Å². The summed E-state index contributed by atoms with van der Waals surface area (Å²) < 4.78 is 0. The molecular formula is C131H94N12. The van der Waals surface area contributed by atoms with Crippen molar-refractivity contribution < 1.29 is 0 Å². The lowest BCUT2D eigenvalue weighted by molar-refractivity contribution is 0.660. The Morgan fingerprint density at radius 1 is 0.168 bits per heavy atom. The summed E-state index contributed by atoms with van der Waals surface area (Å²) in [6.07, 6.45) is 7.30. The summed E-state index contributed by atoms with van der Waals surface area (Å²) in [5.74, 6) is 5.71. The van der Waals surface area contributed by atoms with Crippen LogP contribution < -0.4 is 0 Å². The van der Waals surface area contributed by atoms with Crippen LogP contribution in [0.2, 0.25) is 0 Å². The molecule has 0 fully saturated rings. The van der Waals surface area contributed by atoms with Crippen molar-refractivity contribution in [2.75, 3.05) is 0 Å². The topological polar surface area (TPSA) is 155 Å². The van der Waals surface area contributed by atoms with Crippen molar-refractivity contribution in [3.05, 3.63) is 495 Å². The zero-order chi connectivity index (χ0) is 96.3. The summed E-state index contributed by atoms with van der Waals surface area (Å²) >= 11 is 0. The van der Waals surface area contributed by atoms with Crippen LogP contribution in [0, 0.1) is 0 Å². The molecule has 26 rings (SSSR count). The number of benzene rings is 17. The third-order valence-electron chi connectivity index (χ3n) is 28.4. The summed E-state index contributed by atoms with van der Waals surface area (Å²) in [4.78, 5) is 59.3. The first-order valence-electron chi connectivity index (χ1n) is 48.5. The Kier molecular flexibility index (Phi) is 22.4. The fraction of sp³-hybridized carbons (Fsp3) is 0.0687. The van der Waals surface area contributed by atoms with E-state index in [1.807, 2.05) is 104 Å². The maximum absolute atomic E-state index is 5.14. The Hall–Kier alpha value is -18.3. The number of pyridine rings is 3. The van der Waals surface area contributed by atoms with E-state index in [0.717, 1.165) is 117 Å². The average molecular weight is 1840 g/mol. The van der Waals surface area contributed by atoms with Gasteiger partial charge in [0.1, 0.15) is 0 Å². The molecule has 0 atom stereocenters. The molecule has 23 aromatic rings. The number of hydrogen-bond acceptors (Lipinski definition) is 12. The second kappa shape index (κ2) is 36.6. The average Bonchev–Trinajstić information content (AvgIpc) is 1.57. The number of fused-ring (bicyclic) bond motifs is 13. The molecule has 0 unspecified atom stereocenters. The smallest absolute Gasteiger partial charge is 0.165 e. The van der Waals surface area contributed by atoms with Gasteiger partial charge in [-0.1, -0.05) is 406 Å². The van der Waals surface area contributed by atoms with E-state index in [1.165, 1.54) is 88.3 Å². The molecule has 17 aromatic carbocycles. The van der Waals surface area contributed by atoms with Crippen molar-refractivity contribution in [3.63, 3.8) is 0 Å². The van der Waals surface area contributed by atoms with Gasteiger partial charge in [0.15, 0.2) is 52.4 Å². The van der Waals surface area contributed by atoms with Crippen LogP contribution in [0.5, 0.6) is 0 Å². The molecule has 0 aliphatic heterocycles. The van der Waals surface area contributed by atoms with Gasteiger partial charge in [0.2, 0.25) is 0 Å². The lowest BCUT2D eigenvalue weighted by Crippen LogP contribution is -2.15. The van der Waals surface area contributed by atoms with Gasteiger partial charge >= 0.3 is 0 Å². The Morgan fingerprint density at radius 2 is 0.503 bits per heavy atom. The van der Waals surface area contributed by atoms with Crippen LogP contribution in [-0.4, -0.2) is 59.8 Å². The lowest BCUT2D eigenvalue weighted by Gasteiger charge is -2.23. The van der Waals surface area contributed by atoms with Gasteiger partial charge in [0, 0.05) is 102 Å². The summed E-state index contributed by atoms with van der Waals surface area (Å²) in [7, 11) is 0. The Balaban J connectivity index is 0.000000116. The van der Waals surface area contributed by atoms with Gasteiger partial charge in [0.25, 0.3) is 0 Å². The molecule has 12 nitrogen and oxygen atoms in total. The third-order valence-corrected chi connectivity index (χ3v) is 28.4. The van der Waals surface area contributed by atoms with E-state index >= 15 is 0 Å². The largest absolute Gasteiger partial charge is 0.265 e. The van der Waals surface area contributed by atoms with Crippen LogP contribution in [0.25, 0.3) is 224 Å². The molecule has 0 bridgehead atoms. The van der Waals surface area contributed by atoms with Gasteiger partial charge in [-0.25, -0.2) is 44.9 Å². The second-order valence-corrected chi connectivity index (χ2v) is 38.3. The molecule has 143 heavy (non-hydrogen) atoms. The molecule has 6 heterocycles. The Labute approximate surface area is 831 Å². The van der Waals surface area contributed by atoms with Gasteiger partial charge in [-0.2, -0.15) is 0 Å². The highest BCUT2D eigenvalue weighted by molar-refractivity contribution is 6.03. The van der Waals surface area contributed by atoms with Crippen LogP contribution in [0.1, 0.15) is 74.9 Å². The SMILES string of the molecule is CC1(C)c2cc(-c3nc(-c4ccc(-c5ccccc5)nc4)nc(-c4cccc(-c5ccccc5)c4)n3)ccc2-c2c1ccc1ccccc21.CC1(C)c2cc(-c3nc(-c4ccc(-c5ccccn5)cc4)nc(-c4cccc(-c5ccccc5)c4)n3)ccc2-c2ccc3ccccc3c21.CC1(C)c2ccccc2-c2cc(-c3nc(-c4ccc(-c5ccncc5)cc4)nc(-c4cccc(-c5ccccc5)c4)n3)ccc21. The summed E-state index contributed by atoms with van der Waals surface area (Å²) in [5, 5.41) is 5.11. The normalized spacial score (nSPS) is 12.9. The number of aromatic nitrogens is 12. The van der Waals surface area contributed by atoms with Crippen LogP contribution >= 0.6 is 0 Å². The zero-order valence-corrected chi connectivity index (χ0v) is 79.7. The molecule has 3 aliphatic carbocycles. The van der Waals surface area contributed by atoms with Crippen molar-refractivity contribution in [2.24, 2.45) is 0 Å². The fourth-order valence-corrected chi connectivity index (χ4v) is 20.9. The number of hydrogen-bond donors (Lipinski definition) is 0. The molecule has 678 valence electrons. The lowest BCUT2D eigenvalue weighted by atomic mass is 9.80. The number of nitrogens with zero attached hydrogens (tertiary/aromatic N) is 12.